The minimum Gasteiger partial charge on any atom is -0.352 e. The zero-order valence-corrected chi connectivity index (χ0v) is 13.3. The molecule has 0 aliphatic carbocycles. The Morgan fingerprint density at radius 3 is 2.57 bits per heavy atom. The van der Waals surface area contributed by atoms with Gasteiger partial charge in [0.25, 0.3) is 5.91 Å². The minimum absolute atomic E-state index is 0.000280. The summed E-state index contributed by atoms with van der Waals surface area (Å²) in [6, 6.07) is 14.2. The average Bonchev–Trinajstić information content (AvgIpc) is 2.54. The van der Waals surface area contributed by atoms with Crippen molar-refractivity contribution in [3.8, 4) is 0 Å². The van der Waals surface area contributed by atoms with Crippen molar-refractivity contribution in [1.29, 1.82) is 0 Å². The van der Waals surface area contributed by atoms with Crippen LogP contribution in [0.1, 0.15) is 32.4 Å². The predicted octanol–water partition coefficient (Wildman–Crippen LogP) is 4.02. The van der Waals surface area contributed by atoms with Crippen LogP contribution in [0.3, 0.4) is 0 Å². The first-order valence-electron chi connectivity index (χ1n) is 6.88. The summed E-state index contributed by atoms with van der Waals surface area (Å²) in [6.45, 7) is 0.714. The third kappa shape index (κ3) is 2.94. The number of fused-ring (bicyclic) bond motifs is 1. The monoisotopic (exact) mass is 317 g/mol. The van der Waals surface area contributed by atoms with Crippen LogP contribution in [0.25, 0.3) is 0 Å². The summed E-state index contributed by atoms with van der Waals surface area (Å²) in [5.74, 6) is -0.000280. The topological polar surface area (TPSA) is 29.1 Å². The number of benzene rings is 2. The standard InChI is InChI=1S/C17H16ClNOS/c1-21-14-6-4-12(5-7-14)16(18)13-3-2-11-8-9-19-17(20)15(11)10-13/h2-7,10,16H,8-9H2,1H3,(H,19,20). The second-order valence-corrected chi connectivity index (χ2v) is 6.37. The Hall–Kier alpha value is -1.45. The van der Waals surface area contributed by atoms with Gasteiger partial charge in [0, 0.05) is 17.0 Å². The van der Waals surface area contributed by atoms with Gasteiger partial charge in [-0.1, -0.05) is 24.3 Å². The van der Waals surface area contributed by atoms with Gasteiger partial charge < -0.3 is 5.32 Å². The Morgan fingerprint density at radius 1 is 1.14 bits per heavy atom. The van der Waals surface area contributed by atoms with Gasteiger partial charge in [0.05, 0.1) is 5.38 Å². The fourth-order valence-electron chi connectivity index (χ4n) is 2.55. The molecule has 1 aliphatic rings. The van der Waals surface area contributed by atoms with Gasteiger partial charge in [0.15, 0.2) is 0 Å². The highest BCUT2D eigenvalue weighted by atomic mass is 35.5. The maximum absolute atomic E-state index is 11.9. The van der Waals surface area contributed by atoms with Crippen molar-refractivity contribution in [2.45, 2.75) is 16.7 Å². The number of halogens is 1. The zero-order chi connectivity index (χ0) is 14.8. The summed E-state index contributed by atoms with van der Waals surface area (Å²) < 4.78 is 0. The number of hydrogen-bond donors (Lipinski definition) is 1. The largest absolute Gasteiger partial charge is 0.352 e. The van der Waals surface area contributed by atoms with Gasteiger partial charge in [0.2, 0.25) is 0 Å². The lowest BCUT2D eigenvalue weighted by Crippen LogP contribution is -2.31. The van der Waals surface area contributed by atoms with Crippen LogP contribution in [-0.2, 0) is 6.42 Å². The number of hydrogen-bond acceptors (Lipinski definition) is 2. The van der Waals surface area contributed by atoms with E-state index in [4.69, 9.17) is 11.6 Å². The normalized spacial score (nSPS) is 15.2. The Balaban J connectivity index is 1.92. The van der Waals surface area contributed by atoms with Crippen LogP contribution in [0, 0.1) is 0 Å². The molecule has 2 aromatic carbocycles. The molecular formula is C17H16ClNOS. The fourth-order valence-corrected chi connectivity index (χ4v) is 3.24. The zero-order valence-electron chi connectivity index (χ0n) is 11.7. The highest BCUT2D eigenvalue weighted by Crippen LogP contribution is 2.31. The van der Waals surface area contributed by atoms with Gasteiger partial charge in [-0.25, -0.2) is 0 Å². The summed E-state index contributed by atoms with van der Waals surface area (Å²) in [5.41, 5.74) is 3.87. The van der Waals surface area contributed by atoms with Gasteiger partial charge in [-0.15, -0.1) is 23.4 Å². The van der Waals surface area contributed by atoms with Gasteiger partial charge in [-0.05, 0) is 47.6 Å². The lowest BCUT2D eigenvalue weighted by molar-refractivity contribution is 0.0946. The third-order valence-electron chi connectivity index (χ3n) is 3.76. The Bertz CT molecular complexity index is 669. The predicted molar refractivity (Wildman–Crippen MR) is 88.4 cm³/mol. The maximum Gasteiger partial charge on any atom is 0.251 e. The van der Waals surface area contributed by atoms with E-state index < -0.39 is 0 Å². The van der Waals surface area contributed by atoms with Crippen molar-refractivity contribution in [3.63, 3.8) is 0 Å². The van der Waals surface area contributed by atoms with E-state index in [0.717, 1.165) is 28.7 Å². The molecule has 1 amide bonds. The quantitative estimate of drug-likeness (QED) is 0.684. The molecule has 0 bridgehead atoms. The molecule has 0 spiro atoms. The van der Waals surface area contributed by atoms with Crippen LogP contribution >= 0.6 is 23.4 Å². The van der Waals surface area contributed by atoms with Crippen LogP contribution in [0.15, 0.2) is 47.4 Å². The summed E-state index contributed by atoms with van der Waals surface area (Å²) in [4.78, 5) is 13.1. The Labute approximate surface area is 133 Å². The van der Waals surface area contributed by atoms with Gasteiger partial charge >= 0.3 is 0 Å². The van der Waals surface area contributed by atoms with E-state index in [2.05, 4.69) is 23.7 Å². The second kappa shape index (κ2) is 6.12. The first kappa shape index (κ1) is 14.5. The molecule has 0 fully saturated rings. The molecule has 1 unspecified atom stereocenters. The summed E-state index contributed by atoms with van der Waals surface area (Å²) in [6.07, 6.45) is 2.94. The van der Waals surface area contributed by atoms with Crippen LogP contribution in [0.2, 0.25) is 0 Å². The number of amides is 1. The molecule has 1 atom stereocenters. The molecular weight excluding hydrogens is 302 g/mol. The molecule has 4 heteroatoms. The molecule has 3 rings (SSSR count). The van der Waals surface area contributed by atoms with Crippen LogP contribution in [-0.4, -0.2) is 18.7 Å². The van der Waals surface area contributed by atoms with Gasteiger partial charge in [-0.3, -0.25) is 4.79 Å². The molecule has 1 aliphatic heterocycles. The van der Waals surface area contributed by atoms with Crippen molar-refractivity contribution in [3.05, 3.63) is 64.7 Å². The molecule has 21 heavy (non-hydrogen) atoms. The molecule has 0 saturated heterocycles. The number of thioether (sulfide) groups is 1. The first-order valence-corrected chi connectivity index (χ1v) is 8.54. The molecule has 0 aromatic heterocycles. The first-order chi connectivity index (χ1) is 10.2. The number of carbonyl (C=O) groups is 1. The molecule has 2 nitrogen and oxygen atoms in total. The number of nitrogens with one attached hydrogen (secondary N) is 1. The lowest BCUT2D eigenvalue weighted by atomic mass is 9.95. The molecule has 108 valence electrons. The van der Waals surface area contributed by atoms with E-state index in [1.807, 2.05) is 30.3 Å². The van der Waals surface area contributed by atoms with Crippen molar-refractivity contribution < 1.29 is 4.79 Å². The second-order valence-electron chi connectivity index (χ2n) is 5.06. The van der Waals surface area contributed by atoms with E-state index in [1.165, 1.54) is 4.90 Å². The van der Waals surface area contributed by atoms with E-state index in [0.29, 0.717) is 6.54 Å². The summed E-state index contributed by atoms with van der Waals surface area (Å²) in [7, 11) is 0. The number of rotatable bonds is 3. The van der Waals surface area contributed by atoms with Crippen LogP contribution in [0.5, 0.6) is 0 Å². The summed E-state index contributed by atoms with van der Waals surface area (Å²) >= 11 is 8.29. The van der Waals surface area contributed by atoms with Crippen molar-refractivity contribution in [2.75, 3.05) is 12.8 Å². The van der Waals surface area contributed by atoms with E-state index in [1.54, 1.807) is 11.8 Å². The van der Waals surface area contributed by atoms with E-state index in [9.17, 15) is 4.79 Å². The van der Waals surface area contributed by atoms with Crippen molar-refractivity contribution >= 4 is 29.3 Å². The smallest absolute Gasteiger partial charge is 0.251 e. The third-order valence-corrected chi connectivity index (χ3v) is 5.01. The van der Waals surface area contributed by atoms with Crippen molar-refractivity contribution in [2.24, 2.45) is 0 Å². The van der Waals surface area contributed by atoms with E-state index in [-0.39, 0.29) is 11.3 Å². The van der Waals surface area contributed by atoms with Gasteiger partial charge in [0.1, 0.15) is 0 Å². The fraction of sp³-hybridized carbons (Fsp3) is 0.235. The van der Waals surface area contributed by atoms with E-state index >= 15 is 0 Å². The average molecular weight is 318 g/mol. The molecule has 0 saturated carbocycles. The molecule has 1 N–H and O–H groups in total. The SMILES string of the molecule is CSc1ccc(C(Cl)c2ccc3c(c2)C(=O)NCC3)cc1. The summed E-state index contributed by atoms with van der Waals surface area (Å²) in [5, 5.41) is 2.64. The lowest BCUT2D eigenvalue weighted by Gasteiger charge is -2.19. The highest BCUT2D eigenvalue weighted by Gasteiger charge is 2.19. The van der Waals surface area contributed by atoms with Crippen LogP contribution < -0.4 is 5.32 Å². The Morgan fingerprint density at radius 2 is 1.86 bits per heavy atom. The van der Waals surface area contributed by atoms with Crippen molar-refractivity contribution in [1.82, 2.24) is 5.32 Å². The highest BCUT2D eigenvalue weighted by molar-refractivity contribution is 7.98. The minimum atomic E-state index is -0.235. The Kier molecular flexibility index (Phi) is 4.22. The molecule has 1 heterocycles. The number of alkyl halides is 1. The molecule has 2 aromatic rings. The molecule has 0 radical (unpaired) electrons. The maximum atomic E-state index is 11.9. The van der Waals surface area contributed by atoms with Crippen LogP contribution in [0.4, 0.5) is 0 Å². The number of carbonyl (C=O) groups excluding carboxylic acids is 1. The van der Waals surface area contributed by atoms with Gasteiger partial charge in [-0.2, -0.15) is 0 Å².